The lowest BCUT2D eigenvalue weighted by molar-refractivity contribution is 0.0731. The van der Waals surface area contributed by atoms with Crippen LogP contribution in [0.3, 0.4) is 0 Å². The summed E-state index contributed by atoms with van der Waals surface area (Å²) < 4.78 is 16.5. The molecule has 4 rings (SSSR count). The quantitative estimate of drug-likeness (QED) is 0.269. The Hall–Kier alpha value is -3.28. The van der Waals surface area contributed by atoms with E-state index in [-0.39, 0.29) is 22.9 Å². The van der Waals surface area contributed by atoms with Gasteiger partial charge in [-0.2, -0.15) is 0 Å². The molecule has 0 radical (unpaired) electrons. The molecule has 0 fully saturated rings. The van der Waals surface area contributed by atoms with Gasteiger partial charge in [-0.15, -0.1) is 0 Å². The number of ether oxygens (including phenoxy) is 3. The van der Waals surface area contributed by atoms with Crippen molar-refractivity contribution < 1.29 is 23.8 Å². The van der Waals surface area contributed by atoms with E-state index in [1.165, 1.54) is 13.2 Å². The van der Waals surface area contributed by atoms with E-state index in [1.54, 1.807) is 61.5 Å². The highest BCUT2D eigenvalue weighted by atomic mass is 35.5. The van der Waals surface area contributed by atoms with E-state index in [4.69, 9.17) is 37.4 Å². The highest BCUT2D eigenvalue weighted by Crippen LogP contribution is 2.38. The fourth-order valence-corrected chi connectivity index (χ4v) is 3.73. The maximum absolute atomic E-state index is 12.9. The molecule has 0 bridgehead atoms. The van der Waals surface area contributed by atoms with Gasteiger partial charge in [0, 0.05) is 16.1 Å². The molecule has 31 heavy (non-hydrogen) atoms. The summed E-state index contributed by atoms with van der Waals surface area (Å²) in [6, 6.07) is 14.8. The van der Waals surface area contributed by atoms with Crippen molar-refractivity contribution in [2.45, 2.75) is 6.92 Å². The van der Waals surface area contributed by atoms with Crippen molar-refractivity contribution in [3.05, 3.63) is 92.7 Å². The number of ketones is 1. The van der Waals surface area contributed by atoms with Crippen LogP contribution >= 0.6 is 23.2 Å². The summed E-state index contributed by atoms with van der Waals surface area (Å²) in [7, 11) is 1.48. The Bertz CT molecular complexity index is 1250. The summed E-state index contributed by atoms with van der Waals surface area (Å²) in [4.78, 5) is 25.4. The zero-order valence-electron chi connectivity index (χ0n) is 16.6. The third-order valence-electron chi connectivity index (χ3n) is 4.73. The molecule has 0 atom stereocenters. The summed E-state index contributed by atoms with van der Waals surface area (Å²) in [5.41, 5.74) is 1.92. The molecule has 1 aliphatic rings. The van der Waals surface area contributed by atoms with Crippen LogP contribution in [0.15, 0.2) is 60.4 Å². The van der Waals surface area contributed by atoms with Crippen molar-refractivity contribution in [1.82, 2.24) is 0 Å². The summed E-state index contributed by atoms with van der Waals surface area (Å²) in [6.07, 6.45) is 1.56. The van der Waals surface area contributed by atoms with Crippen LogP contribution < -0.4 is 14.2 Å². The number of carbonyl (C=O) groups is 2. The maximum Gasteiger partial charge on any atom is 0.347 e. The second-order valence-corrected chi connectivity index (χ2v) is 7.65. The maximum atomic E-state index is 12.9. The summed E-state index contributed by atoms with van der Waals surface area (Å²) in [6.45, 7) is 1.75. The van der Waals surface area contributed by atoms with Crippen LogP contribution in [0, 0.1) is 6.92 Å². The predicted octanol–water partition coefficient (Wildman–Crippen LogP) is 6.15. The van der Waals surface area contributed by atoms with E-state index in [1.807, 2.05) is 0 Å². The third kappa shape index (κ3) is 4.15. The monoisotopic (exact) mass is 454 g/mol. The van der Waals surface area contributed by atoms with Crippen molar-refractivity contribution in [2.24, 2.45) is 0 Å². The first kappa shape index (κ1) is 21.0. The number of fused-ring (bicyclic) bond motifs is 1. The van der Waals surface area contributed by atoms with Gasteiger partial charge in [-0.1, -0.05) is 41.4 Å². The molecule has 0 spiro atoms. The van der Waals surface area contributed by atoms with Crippen molar-refractivity contribution in [1.29, 1.82) is 0 Å². The molecule has 0 amide bonds. The van der Waals surface area contributed by atoms with Gasteiger partial charge in [0.05, 0.1) is 12.7 Å². The number of halogens is 2. The predicted molar refractivity (Wildman–Crippen MR) is 119 cm³/mol. The van der Waals surface area contributed by atoms with E-state index < -0.39 is 5.97 Å². The van der Waals surface area contributed by atoms with Crippen LogP contribution in [0.1, 0.15) is 31.8 Å². The molecule has 0 aromatic heterocycles. The summed E-state index contributed by atoms with van der Waals surface area (Å²) in [5.74, 6) is 0.234. The Labute approximate surface area is 188 Å². The first-order chi connectivity index (χ1) is 14.9. The number of allylic oxidation sites excluding steroid dienone is 1. The molecule has 0 saturated carbocycles. The van der Waals surface area contributed by atoms with E-state index >= 15 is 0 Å². The molecule has 1 heterocycles. The van der Waals surface area contributed by atoms with Gasteiger partial charge >= 0.3 is 5.97 Å². The lowest BCUT2D eigenvalue weighted by Crippen LogP contribution is -2.10. The van der Waals surface area contributed by atoms with Gasteiger partial charge in [-0.3, -0.25) is 4.79 Å². The number of hydrogen-bond donors (Lipinski definition) is 0. The Morgan fingerprint density at radius 2 is 1.84 bits per heavy atom. The van der Waals surface area contributed by atoms with Gasteiger partial charge < -0.3 is 14.2 Å². The first-order valence-corrected chi connectivity index (χ1v) is 10.0. The zero-order chi connectivity index (χ0) is 22.1. The lowest BCUT2D eigenvalue weighted by atomic mass is 10.0. The second-order valence-electron chi connectivity index (χ2n) is 6.81. The number of benzene rings is 3. The van der Waals surface area contributed by atoms with E-state index in [9.17, 15) is 9.59 Å². The number of esters is 1. The molecule has 0 aliphatic carbocycles. The Balaban J connectivity index is 1.63. The smallest absolute Gasteiger partial charge is 0.347 e. The summed E-state index contributed by atoms with van der Waals surface area (Å²) >= 11 is 12.1. The van der Waals surface area contributed by atoms with Crippen molar-refractivity contribution in [3.63, 3.8) is 0 Å². The van der Waals surface area contributed by atoms with E-state index in [2.05, 4.69) is 0 Å². The number of carbonyl (C=O) groups excluding carboxylic acids is 2. The number of rotatable bonds is 4. The topological polar surface area (TPSA) is 61.8 Å². The third-order valence-corrected chi connectivity index (χ3v) is 5.29. The fourth-order valence-electron chi connectivity index (χ4n) is 3.27. The van der Waals surface area contributed by atoms with Crippen LogP contribution in [-0.4, -0.2) is 18.9 Å². The molecule has 156 valence electrons. The molecule has 0 unspecified atom stereocenters. The minimum atomic E-state index is -0.579. The standard InChI is InChI=1S/C24H16Cl2O5/c1-13-9-16(30-24(28)17-5-3-4-6-19(17)29-2)12-20-22(13)23(27)21(31-20)10-14-7-8-15(25)11-18(14)26/h3-12H,1-2H3/b21-10-. The second kappa shape index (κ2) is 8.46. The molecule has 0 N–H and O–H groups in total. The van der Waals surface area contributed by atoms with Crippen LogP contribution in [0.4, 0.5) is 0 Å². The molecule has 5 nitrogen and oxygen atoms in total. The van der Waals surface area contributed by atoms with Gasteiger partial charge in [0.2, 0.25) is 5.78 Å². The van der Waals surface area contributed by atoms with Crippen LogP contribution in [-0.2, 0) is 0 Å². The number of hydrogen-bond acceptors (Lipinski definition) is 5. The summed E-state index contributed by atoms with van der Waals surface area (Å²) in [5, 5.41) is 0.891. The first-order valence-electron chi connectivity index (χ1n) is 9.26. The van der Waals surface area contributed by atoms with Gasteiger partial charge in [-0.25, -0.2) is 4.79 Å². The van der Waals surface area contributed by atoms with Crippen molar-refractivity contribution in [2.75, 3.05) is 7.11 Å². The highest BCUT2D eigenvalue weighted by molar-refractivity contribution is 6.35. The molecule has 3 aromatic rings. The van der Waals surface area contributed by atoms with Gasteiger partial charge in [-0.05, 0) is 54.5 Å². The molecule has 7 heteroatoms. The SMILES string of the molecule is COc1ccccc1C(=O)Oc1cc(C)c2c(c1)O/C(=C\c1ccc(Cl)cc1Cl)C2=O. The van der Waals surface area contributed by atoms with E-state index in [0.29, 0.717) is 38.2 Å². The van der Waals surface area contributed by atoms with Crippen LogP contribution in [0.25, 0.3) is 6.08 Å². The highest BCUT2D eigenvalue weighted by Gasteiger charge is 2.30. The van der Waals surface area contributed by atoms with E-state index in [0.717, 1.165) is 0 Å². The molecule has 0 saturated heterocycles. The van der Waals surface area contributed by atoms with Crippen LogP contribution in [0.2, 0.25) is 10.0 Å². The molecule has 3 aromatic carbocycles. The Morgan fingerprint density at radius 3 is 2.58 bits per heavy atom. The minimum absolute atomic E-state index is 0.121. The fraction of sp³-hybridized carbons (Fsp3) is 0.0833. The Morgan fingerprint density at radius 1 is 1.06 bits per heavy atom. The number of methoxy groups -OCH3 is 1. The largest absolute Gasteiger partial charge is 0.496 e. The van der Waals surface area contributed by atoms with Crippen LogP contribution in [0.5, 0.6) is 17.2 Å². The number of Topliss-reactive ketones (excluding diaryl/α,β-unsaturated/α-hetero) is 1. The van der Waals surface area contributed by atoms with Gasteiger partial charge in [0.25, 0.3) is 0 Å². The zero-order valence-corrected chi connectivity index (χ0v) is 18.1. The molecular formula is C24H16Cl2O5. The van der Waals surface area contributed by atoms with Gasteiger partial charge in [0.15, 0.2) is 5.76 Å². The van der Waals surface area contributed by atoms with Gasteiger partial charge in [0.1, 0.15) is 22.8 Å². The minimum Gasteiger partial charge on any atom is -0.496 e. The lowest BCUT2D eigenvalue weighted by Gasteiger charge is -2.10. The number of aryl methyl sites for hydroxylation is 1. The number of para-hydroxylation sites is 1. The molecule has 1 aliphatic heterocycles. The Kier molecular flexibility index (Phi) is 5.72. The average Bonchev–Trinajstić information content (AvgIpc) is 3.05. The van der Waals surface area contributed by atoms with Crippen molar-refractivity contribution >= 4 is 41.0 Å². The molecular weight excluding hydrogens is 439 g/mol. The van der Waals surface area contributed by atoms with Crippen molar-refractivity contribution in [3.8, 4) is 17.2 Å². The average molecular weight is 455 g/mol. The normalized spacial score (nSPS) is 13.7.